The molecule has 1 aromatic heterocycles. The van der Waals surface area contributed by atoms with Crippen LogP contribution in [0.5, 0.6) is 0 Å². The number of nitrogens with two attached hydrogens (primary N) is 1. The normalized spacial score (nSPS) is 23.7. The van der Waals surface area contributed by atoms with E-state index in [1.165, 1.54) is 25.3 Å². The van der Waals surface area contributed by atoms with Gasteiger partial charge in [0.1, 0.15) is 11.3 Å². The summed E-state index contributed by atoms with van der Waals surface area (Å²) in [6, 6.07) is 5.58. The van der Waals surface area contributed by atoms with E-state index in [2.05, 4.69) is 23.4 Å². The third-order valence-electron chi connectivity index (χ3n) is 4.62. The van der Waals surface area contributed by atoms with Crippen LogP contribution in [0, 0.1) is 5.82 Å². The van der Waals surface area contributed by atoms with Gasteiger partial charge < -0.3 is 10.3 Å². The van der Waals surface area contributed by atoms with E-state index < -0.39 is 0 Å². The van der Waals surface area contributed by atoms with Gasteiger partial charge in [0.2, 0.25) is 0 Å². The maximum atomic E-state index is 14.1. The molecule has 1 aromatic carbocycles. The number of aromatic nitrogens is 2. The van der Waals surface area contributed by atoms with E-state index in [9.17, 15) is 4.39 Å². The predicted molar refractivity (Wildman–Crippen MR) is 83.9 cm³/mol. The van der Waals surface area contributed by atoms with Crippen molar-refractivity contribution in [1.82, 2.24) is 9.55 Å². The van der Waals surface area contributed by atoms with Crippen LogP contribution in [-0.4, -0.2) is 15.6 Å². The van der Waals surface area contributed by atoms with Gasteiger partial charge in [-0.2, -0.15) is 0 Å². The number of fused-ring (bicyclic) bond motifs is 1. The molecule has 1 aliphatic carbocycles. The Morgan fingerprint density at radius 2 is 2.00 bits per heavy atom. The molecule has 1 fully saturated rings. The molecule has 0 saturated heterocycles. The summed E-state index contributed by atoms with van der Waals surface area (Å²) in [6.45, 7) is 4.25. The molecule has 2 atom stereocenters. The smallest absolute Gasteiger partial charge is 0.151 e. The largest absolute Gasteiger partial charge is 0.327 e. The molecule has 0 bridgehead atoms. The number of rotatable bonds is 2. The fourth-order valence-electron chi connectivity index (χ4n) is 3.56. The Kier molecular flexibility index (Phi) is 3.98. The van der Waals surface area contributed by atoms with Crippen LogP contribution in [0.2, 0.25) is 0 Å². The number of imidazole rings is 1. The summed E-state index contributed by atoms with van der Waals surface area (Å²) >= 11 is 0. The first-order valence-electron chi connectivity index (χ1n) is 8.01. The Bertz CT molecular complexity index is 632. The van der Waals surface area contributed by atoms with Crippen molar-refractivity contribution in [2.24, 2.45) is 5.73 Å². The van der Waals surface area contributed by atoms with Crippen molar-refractivity contribution in [1.29, 1.82) is 0 Å². The fourth-order valence-corrected chi connectivity index (χ4v) is 3.56. The van der Waals surface area contributed by atoms with Crippen LogP contribution >= 0.6 is 0 Å². The van der Waals surface area contributed by atoms with Crippen LogP contribution in [-0.2, 0) is 0 Å². The Balaban J connectivity index is 2.16. The van der Waals surface area contributed by atoms with E-state index in [1.54, 1.807) is 6.07 Å². The summed E-state index contributed by atoms with van der Waals surface area (Å²) in [5, 5.41) is 0. The van der Waals surface area contributed by atoms with Crippen molar-refractivity contribution in [2.75, 3.05) is 0 Å². The molecule has 3 rings (SSSR count). The van der Waals surface area contributed by atoms with Gasteiger partial charge in [-0.3, -0.25) is 0 Å². The zero-order valence-electron chi connectivity index (χ0n) is 12.8. The summed E-state index contributed by atoms with van der Waals surface area (Å²) < 4.78 is 16.3. The zero-order chi connectivity index (χ0) is 15.0. The molecule has 0 radical (unpaired) electrons. The number of halogens is 1. The van der Waals surface area contributed by atoms with E-state index in [-0.39, 0.29) is 23.8 Å². The van der Waals surface area contributed by atoms with Crippen molar-refractivity contribution in [2.45, 2.75) is 64.0 Å². The molecule has 3 nitrogen and oxygen atoms in total. The standard InChI is InChI=1S/C17H24FN3/c1-11(2)21-15-10-6-8-13(18)16(15)20-17(21)12-7-4-3-5-9-14(12)19/h6,8,10-12,14H,3-5,7,9,19H2,1-2H3. The van der Waals surface area contributed by atoms with Gasteiger partial charge in [0.15, 0.2) is 5.82 Å². The summed E-state index contributed by atoms with van der Waals surface area (Å²) in [7, 11) is 0. The van der Waals surface area contributed by atoms with Crippen molar-refractivity contribution >= 4 is 11.0 Å². The number of para-hydroxylation sites is 1. The van der Waals surface area contributed by atoms with Gasteiger partial charge in [0.05, 0.1) is 5.52 Å². The van der Waals surface area contributed by atoms with Gasteiger partial charge >= 0.3 is 0 Å². The molecule has 1 aliphatic rings. The fraction of sp³-hybridized carbons (Fsp3) is 0.588. The molecule has 2 N–H and O–H groups in total. The highest BCUT2D eigenvalue weighted by molar-refractivity contribution is 5.77. The van der Waals surface area contributed by atoms with Gasteiger partial charge in [-0.1, -0.05) is 25.3 Å². The molecule has 21 heavy (non-hydrogen) atoms. The molecule has 1 heterocycles. The highest BCUT2D eigenvalue weighted by Gasteiger charge is 2.28. The Morgan fingerprint density at radius 3 is 2.76 bits per heavy atom. The van der Waals surface area contributed by atoms with E-state index in [4.69, 9.17) is 5.73 Å². The topological polar surface area (TPSA) is 43.8 Å². The molecule has 4 heteroatoms. The lowest BCUT2D eigenvalue weighted by atomic mass is 9.94. The average Bonchev–Trinajstić information content (AvgIpc) is 2.70. The maximum Gasteiger partial charge on any atom is 0.151 e. The Morgan fingerprint density at radius 1 is 1.24 bits per heavy atom. The van der Waals surface area contributed by atoms with Gasteiger partial charge in [-0.05, 0) is 38.8 Å². The van der Waals surface area contributed by atoms with Crippen LogP contribution in [0.15, 0.2) is 18.2 Å². The molecular formula is C17H24FN3. The lowest BCUT2D eigenvalue weighted by Crippen LogP contribution is -2.29. The van der Waals surface area contributed by atoms with E-state index in [0.717, 1.165) is 24.2 Å². The van der Waals surface area contributed by atoms with E-state index in [0.29, 0.717) is 5.52 Å². The molecule has 2 aromatic rings. The first-order chi connectivity index (χ1) is 10.1. The second-order valence-corrected chi connectivity index (χ2v) is 6.45. The number of benzene rings is 1. The van der Waals surface area contributed by atoms with Crippen LogP contribution in [0.1, 0.15) is 63.7 Å². The third kappa shape index (κ3) is 2.57. The molecule has 2 unspecified atom stereocenters. The van der Waals surface area contributed by atoms with Crippen molar-refractivity contribution in [3.05, 3.63) is 29.8 Å². The van der Waals surface area contributed by atoms with E-state index in [1.807, 2.05) is 6.07 Å². The van der Waals surface area contributed by atoms with Gasteiger partial charge in [-0.25, -0.2) is 9.37 Å². The maximum absolute atomic E-state index is 14.1. The third-order valence-corrected chi connectivity index (χ3v) is 4.62. The van der Waals surface area contributed by atoms with Gasteiger partial charge in [0, 0.05) is 18.0 Å². The van der Waals surface area contributed by atoms with Crippen molar-refractivity contribution in [3.63, 3.8) is 0 Å². The van der Waals surface area contributed by atoms with Crippen molar-refractivity contribution < 1.29 is 4.39 Å². The first-order valence-corrected chi connectivity index (χ1v) is 8.01. The number of nitrogens with zero attached hydrogens (tertiary/aromatic N) is 2. The SMILES string of the molecule is CC(C)n1c(C2CCCCCC2N)nc2c(F)cccc21. The van der Waals surface area contributed by atoms with Crippen LogP contribution in [0.4, 0.5) is 4.39 Å². The summed E-state index contributed by atoms with van der Waals surface area (Å²) in [5.74, 6) is 0.969. The molecule has 0 amide bonds. The van der Waals surface area contributed by atoms with Gasteiger partial charge in [-0.15, -0.1) is 0 Å². The summed E-state index contributed by atoms with van der Waals surface area (Å²) in [4.78, 5) is 4.66. The highest BCUT2D eigenvalue weighted by Crippen LogP contribution is 2.34. The number of hydrogen-bond donors (Lipinski definition) is 1. The number of hydrogen-bond acceptors (Lipinski definition) is 2. The first kappa shape index (κ1) is 14.5. The molecule has 0 spiro atoms. The zero-order valence-corrected chi connectivity index (χ0v) is 12.8. The monoisotopic (exact) mass is 289 g/mol. The highest BCUT2D eigenvalue weighted by atomic mass is 19.1. The second-order valence-electron chi connectivity index (χ2n) is 6.45. The summed E-state index contributed by atoms with van der Waals surface area (Å²) in [6.07, 6.45) is 5.70. The second kappa shape index (κ2) is 5.76. The molecular weight excluding hydrogens is 265 g/mol. The summed E-state index contributed by atoms with van der Waals surface area (Å²) in [5.41, 5.74) is 7.76. The average molecular weight is 289 g/mol. The van der Waals surface area contributed by atoms with Crippen LogP contribution < -0.4 is 5.73 Å². The van der Waals surface area contributed by atoms with Crippen LogP contribution in [0.3, 0.4) is 0 Å². The van der Waals surface area contributed by atoms with Crippen molar-refractivity contribution in [3.8, 4) is 0 Å². The minimum atomic E-state index is -0.240. The Labute approximate surface area is 125 Å². The van der Waals surface area contributed by atoms with Gasteiger partial charge in [0.25, 0.3) is 0 Å². The Hall–Kier alpha value is -1.42. The predicted octanol–water partition coefficient (Wildman–Crippen LogP) is 4.13. The minimum absolute atomic E-state index is 0.130. The minimum Gasteiger partial charge on any atom is -0.327 e. The lowest BCUT2D eigenvalue weighted by molar-refractivity contribution is 0.450. The van der Waals surface area contributed by atoms with Crippen LogP contribution in [0.25, 0.3) is 11.0 Å². The molecule has 0 aliphatic heterocycles. The molecule has 1 saturated carbocycles. The lowest BCUT2D eigenvalue weighted by Gasteiger charge is -2.23. The quantitative estimate of drug-likeness (QED) is 0.845. The van der Waals surface area contributed by atoms with E-state index >= 15 is 0 Å². The molecule has 114 valence electrons.